The van der Waals surface area contributed by atoms with Gasteiger partial charge in [-0.1, -0.05) is 38.1 Å². The summed E-state index contributed by atoms with van der Waals surface area (Å²) in [5.74, 6) is 0.325. The van der Waals surface area contributed by atoms with E-state index in [1.54, 1.807) is 0 Å². The summed E-state index contributed by atoms with van der Waals surface area (Å²) in [6, 6.07) is 12.2. The summed E-state index contributed by atoms with van der Waals surface area (Å²) in [5.41, 5.74) is -5.68. The Balaban J connectivity index is 1.85. The lowest BCUT2D eigenvalue weighted by molar-refractivity contribution is -0.0436. The molecule has 14 heteroatoms. The Labute approximate surface area is 245 Å². The smallest absolute Gasteiger partial charge is 0.374 e. The van der Waals surface area contributed by atoms with Gasteiger partial charge in [-0.2, -0.15) is 13.2 Å². The molecule has 2 aromatic carbocycles. The van der Waals surface area contributed by atoms with E-state index in [-0.39, 0.29) is 24.0 Å². The Morgan fingerprint density at radius 2 is 1.78 bits per heavy atom. The highest BCUT2D eigenvalue weighted by molar-refractivity contribution is 7.99. The van der Waals surface area contributed by atoms with Crippen molar-refractivity contribution in [2.24, 2.45) is 11.1 Å². The quantitative estimate of drug-likeness (QED) is 0.310. The summed E-state index contributed by atoms with van der Waals surface area (Å²) in [6.07, 6.45) is 0.665. The van der Waals surface area contributed by atoms with Crippen LogP contribution in [0.3, 0.4) is 0 Å². The molecular weight excluding hydrogens is 600 g/mol. The predicted octanol–water partition coefficient (Wildman–Crippen LogP) is 4.01. The highest BCUT2D eigenvalue weighted by Crippen LogP contribution is 2.35. The van der Waals surface area contributed by atoms with Crippen molar-refractivity contribution in [3.8, 4) is 0 Å². The average Bonchev–Trinajstić information content (AvgIpc) is 2.92. The molecular formula is C27H38F3N3O5S3. The third-order valence-electron chi connectivity index (χ3n) is 7.13. The summed E-state index contributed by atoms with van der Waals surface area (Å²) in [6.45, 7) is 9.55. The fourth-order valence-corrected chi connectivity index (χ4v) is 7.48. The van der Waals surface area contributed by atoms with Crippen molar-refractivity contribution in [2.75, 3.05) is 51.6 Å². The number of halogens is 3. The van der Waals surface area contributed by atoms with Crippen LogP contribution in [-0.4, -0.2) is 89.9 Å². The zero-order chi connectivity index (χ0) is 30.3. The SMILES string of the molecule is CCN(CC)C[C@@H]1CN(CC[C@H](CSc2ccccc2)Cc2ccc(S(N)(=O)=O)cc2S(=O)(=O)C(F)(F)F)CCO1. The van der Waals surface area contributed by atoms with Crippen LogP contribution in [0.25, 0.3) is 0 Å². The topological polar surface area (TPSA) is 110 Å². The molecule has 0 radical (unpaired) electrons. The summed E-state index contributed by atoms with van der Waals surface area (Å²) in [7, 11) is -10.2. The van der Waals surface area contributed by atoms with Gasteiger partial charge in [0.2, 0.25) is 10.0 Å². The predicted molar refractivity (Wildman–Crippen MR) is 154 cm³/mol. The van der Waals surface area contributed by atoms with E-state index < -0.39 is 35.2 Å². The van der Waals surface area contributed by atoms with Crippen LogP contribution in [-0.2, 0) is 31.0 Å². The van der Waals surface area contributed by atoms with E-state index in [2.05, 4.69) is 23.6 Å². The molecule has 3 rings (SSSR count). The number of hydrogen-bond donors (Lipinski definition) is 1. The van der Waals surface area contributed by atoms with E-state index in [4.69, 9.17) is 9.88 Å². The van der Waals surface area contributed by atoms with Gasteiger partial charge in [-0.05, 0) is 68.2 Å². The Hall–Kier alpha value is -1.68. The summed E-state index contributed by atoms with van der Waals surface area (Å²) < 4.78 is 95.5. The molecule has 41 heavy (non-hydrogen) atoms. The lowest BCUT2D eigenvalue weighted by Crippen LogP contribution is -2.48. The first-order valence-electron chi connectivity index (χ1n) is 13.5. The van der Waals surface area contributed by atoms with Crippen molar-refractivity contribution in [1.82, 2.24) is 9.80 Å². The fraction of sp³-hybridized carbons (Fsp3) is 0.556. The lowest BCUT2D eigenvalue weighted by atomic mass is 9.97. The van der Waals surface area contributed by atoms with Crippen LogP contribution in [0.4, 0.5) is 13.2 Å². The van der Waals surface area contributed by atoms with E-state index >= 15 is 0 Å². The normalized spacial score (nSPS) is 18.1. The number of sulfonamides is 1. The van der Waals surface area contributed by atoms with Crippen molar-refractivity contribution in [3.05, 3.63) is 54.1 Å². The van der Waals surface area contributed by atoms with E-state index in [0.29, 0.717) is 31.4 Å². The molecule has 1 fully saturated rings. The number of alkyl halides is 3. The molecule has 230 valence electrons. The van der Waals surface area contributed by atoms with Crippen LogP contribution >= 0.6 is 11.8 Å². The molecule has 1 aliphatic heterocycles. The third-order valence-corrected chi connectivity index (χ3v) is 10.9. The number of benzene rings is 2. The summed E-state index contributed by atoms with van der Waals surface area (Å²) in [5, 5.41) is 5.10. The number of rotatable bonds is 14. The van der Waals surface area contributed by atoms with E-state index in [1.807, 2.05) is 30.3 Å². The number of sulfone groups is 1. The zero-order valence-electron chi connectivity index (χ0n) is 23.2. The maximum atomic E-state index is 13.6. The highest BCUT2D eigenvalue weighted by atomic mass is 32.2. The van der Waals surface area contributed by atoms with Gasteiger partial charge in [-0.15, -0.1) is 11.8 Å². The number of ether oxygens (including phenoxy) is 1. The molecule has 0 bridgehead atoms. The number of primary sulfonamides is 1. The largest absolute Gasteiger partial charge is 0.501 e. The van der Waals surface area contributed by atoms with Crippen molar-refractivity contribution in [2.45, 2.75) is 53.0 Å². The van der Waals surface area contributed by atoms with Gasteiger partial charge in [0.25, 0.3) is 9.84 Å². The number of hydrogen-bond acceptors (Lipinski definition) is 8. The lowest BCUT2D eigenvalue weighted by Gasteiger charge is -2.36. The van der Waals surface area contributed by atoms with Crippen LogP contribution in [0.5, 0.6) is 0 Å². The number of morpholine rings is 1. The second kappa shape index (κ2) is 14.7. The Kier molecular flexibility index (Phi) is 12.1. The number of likely N-dealkylation sites (N-methyl/N-ethyl adjacent to an activating group) is 1. The average molecular weight is 638 g/mol. The van der Waals surface area contributed by atoms with Gasteiger partial charge in [0, 0.05) is 30.3 Å². The second-order valence-corrected chi connectivity index (χ2v) is 14.6. The molecule has 1 heterocycles. The minimum absolute atomic E-state index is 0.0165. The molecule has 2 aromatic rings. The van der Waals surface area contributed by atoms with Gasteiger partial charge >= 0.3 is 5.51 Å². The number of thioether (sulfide) groups is 1. The zero-order valence-corrected chi connectivity index (χ0v) is 25.7. The molecule has 2 atom stereocenters. The first-order chi connectivity index (χ1) is 19.2. The molecule has 0 spiro atoms. The molecule has 1 saturated heterocycles. The molecule has 2 N–H and O–H groups in total. The van der Waals surface area contributed by atoms with Gasteiger partial charge in [-0.3, -0.25) is 4.90 Å². The van der Waals surface area contributed by atoms with Crippen molar-refractivity contribution >= 4 is 31.6 Å². The van der Waals surface area contributed by atoms with Gasteiger partial charge in [0.05, 0.1) is 22.5 Å². The van der Waals surface area contributed by atoms with Gasteiger partial charge in [0.15, 0.2) is 0 Å². The standard InChI is InChI=1S/C27H38F3N3O5S3/c1-3-32(4-2)18-23-19-33(14-15-38-23)13-12-21(20-39-24-8-6-5-7-9-24)16-22-10-11-25(41(31,36)37)17-26(22)40(34,35)27(28,29)30/h5-11,17,21,23H,3-4,12-16,18-20H2,1-2H3,(H2,31,36,37)/t21-,23+/m0/s1. The third kappa shape index (κ3) is 9.66. The van der Waals surface area contributed by atoms with Crippen LogP contribution in [0.1, 0.15) is 25.8 Å². The Morgan fingerprint density at radius 1 is 1.10 bits per heavy atom. The molecule has 0 aromatic heterocycles. The van der Waals surface area contributed by atoms with Crippen molar-refractivity contribution < 1.29 is 34.7 Å². The fourth-order valence-electron chi connectivity index (χ4n) is 4.77. The summed E-state index contributed by atoms with van der Waals surface area (Å²) >= 11 is 1.54. The minimum Gasteiger partial charge on any atom is -0.374 e. The molecule has 0 amide bonds. The highest BCUT2D eigenvalue weighted by Gasteiger charge is 2.48. The first-order valence-corrected chi connectivity index (χ1v) is 17.5. The second-order valence-electron chi connectivity index (χ2n) is 10.0. The minimum atomic E-state index is -5.82. The Bertz CT molecular complexity index is 1340. The number of nitrogens with zero attached hydrogens (tertiary/aromatic N) is 2. The van der Waals surface area contributed by atoms with Crippen LogP contribution in [0, 0.1) is 5.92 Å². The molecule has 0 unspecified atom stereocenters. The molecule has 0 aliphatic carbocycles. The van der Waals surface area contributed by atoms with Crippen LogP contribution < -0.4 is 5.14 Å². The van der Waals surface area contributed by atoms with Gasteiger partial charge < -0.3 is 9.64 Å². The molecule has 1 aliphatic rings. The van der Waals surface area contributed by atoms with E-state index in [9.17, 15) is 30.0 Å². The van der Waals surface area contributed by atoms with E-state index in [0.717, 1.165) is 49.8 Å². The van der Waals surface area contributed by atoms with Crippen LogP contribution in [0.2, 0.25) is 0 Å². The first kappa shape index (κ1) is 33.8. The number of nitrogens with two attached hydrogens (primary N) is 1. The van der Waals surface area contributed by atoms with Crippen molar-refractivity contribution in [3.63, 3.8) is 0 Å². The van der Waals surface area contributed by atoms with Gasteiger partial charge in [0.1, 0.15) is 0 Å². The Morgan fingerprint density at radius 3 is 2.39 bits per heavy atom. The van der Waals surface area contributed by atoms with Crippen LogP contribution in [0.15, 0.2) is 63.2 Å². The van der Waals surface area contributed by atoms with Crippen molar-refractivity contribution in [1.29, 1.82) is 0 Å². The monoisotopic (exact) mass is 637 g/mol. The summed E-state index contributed by atoms with van der Waals surface area (Å²) in [4.78, 5) is 3.79. The maximum absolute atomic E-state index is 13.6. The van der Waals surface area contributed by atoms with Gasteiger partial charge in [-0.25, -0.2) is 22.0 Å². The van der Waals surface area contributed by atoms with E-state index in [1.165, 1.54) is 11.8 Å². The molecule has 0 saturated carbocycles. The molecule has 8 nitrogen and oxygen atoms in total. The maximum Gasteiger partial charge on any atom is 0.501 e.